The molecule has 0 saturated carbocycles. The van der Waals surface area contributed by atoms with Gasteiger partial charge in [-0.15, -0.1) is 0 Å². The number of carbonyl (C=O) groups excluding carboxylic acids is 1. The molecule has 7 heteroatoms. The molecule has 0 unspecified atom stereocenters. The molecule has 0 saturated heterocycles. The smallest absolute Gasteiger partial charge is 0.326 e. The summed E-state index contributed by atoms with van der Waals surface area (Å²) in [6, 6.07) is 2.45. The number of nitrogens with zero attached hydrogens (tertiary/aromatic N) is 2. The van der Waals surface area contributed by atoms with Gasteiger partial charge in [0.15, 0.2) is 0 Å². The van der Waals surface area contributed by atoms with E-state index in [4.69, 9.17) is 0 Å². The van der Waals surface area contributed by atoms with Gasteiger partial charge in [0.25, 0.3) is 11.5 Å². The Labute approximate surface area is 133 Å². The highest BCUT2D eigenvalue weighted by Gasteiger charge is 2.23. The fourth-order valence-corrected chi connectivity index (χ4v) is 2.33. The average Bonchev–Trinajstić information content (AvgIpc) is 2.47. The van der Waals surface area contributed by atoms with E-state index in [-0.39, 0.29) is 17.9 Å². The molecule has 2 rings (SSSR count). The lowest BCUT2D eigenvalue weighted by Crippen LogP contribution is -2.43. The third-order valence-corrected chi connectivity index (χ3v) is 3.48. The van der Waals surface area contributed by atoms with Crippen LogP contribution in [0, 0.1) is 12.8 Å². The van der Waals surface area contributed by atoms with Gasteiger partial charge in [-0.3, -0.25) is 14.0 Å². The van der Waals surface area contributed by atoms with Crippen LogP contribution < -0.4 is 10.9 Å². The molecule has 23 heavy (non-hydrogen) atoms. The molecular formula is C16H19N3O4. The Kier molecular flexibility index (Phi) is 4.78. The minimum atomic E-state index is -1.13. The summed E-state index contributed by atoms with van der Waals surface area (Å²) in [6.45, 7) is 5.53. The molecule has 0 aliphatic carbocycles. The first kappa shape index (κ1) is 16.7. The van der Waals surface area contributed by atoms with Crippen molar-refractivity contribution >= 4 is 17.5 Å². The van der Waals surface area contributed by atoms with E-state index in [0.717, 1.165) is 5.56 Å². The highest BCUT2D eigenvalue weighted by Crippen LogP contribution is 2.07. The van der Waals surface area contributed by atoms with Crippen LogP contribution in [0.2, 0.25) is 0 Å². The molecule has 2 N–H and O–H groups in total. The van der Waals surface area contributed by atoms with Crippen molar-refractivity contribution in [1.82, 2.24) is 14.7 Å². The molecule has 0 aromatic carbocycles. The van der Waals surface area contributed by atoms with Gasteiger partial charge in [-0.2, -0.15) is 0 Å². The van der Waals surface area contributed by atoms with Crippen LogP contribution in [0.4, 0.5) is 0 Å². The van der Waals surface area contributed by atoms with Crippen molar-refractivity contribution in [3.8, 4) is 0 Å². The molecule has 1 amide bonds. The van der Waals surface area contributed by atoms with Crippen molar-refractivity contribution in [2.75, 3.05) is 0 Å². The van der Waals surface area contributed by atoms with Gasteiger partial charge in [0.1, 0.15) is 17.3 Å². The lowest BCUT2D eigenvalue weighted by Gasteiger charge is -2.16. The molecule has 0 aliphatic rings. The number of fused-ring (bicyclic) bond motifs is 1. The third kappa shape index (κ3) is 3.56. The summed E-state index contributed by atoms with van der Waals surface area (Å²) >= 11 is 0. The number of hydrogen-bond acceptors (Lipinski definition) is 4. The minimum absolute atomic E-state index is 0.0925. The van der Waals surface area contributed by atoms with Crippen LogP contribution in [-0.2, 0) is 4.79 Å². The Hall–Kier alpha value is -2.70. The van der Waals surface area contributed by atoms with Gasteiger partial charge < -0.3 is 10.4 Å². The van der Waals surface area contributed by atoms with Crippen molar-refractivity contribution in [2.24, 2.45) is 5.92 Å². The molecule has 0 fully saturated rings. The Morgan fingerprint density at radius 3 is 2.70 bits per heavy atom. The number of carboxylic acid groups (broad SMARTS) is 1. The number of amides is 1. The van der Waals surface area contributed by atoms with Crippen LogP contribution in [0.5, 0.6) is 0 Å². The molecule has 1 atom stereocenters. The lowest BCUT2D eigenvalue weighted by atomic mass is 10.0. The van der Waals surface area contributed by atoms with Gasteiger partial charge in [0.2, 0.25) is 0 Å². The van der Waals surface area contributed by atoms with Crippen molar-refractivity contribution in [3.05, 3.63) is 46.0 Å². The number of aromatic nitrogens is 2. The van der Waals surface area contributed by atoms with Crippen LogP contribution in [0.25, 0.3) is 5.65 Å². The van der Waals surface area contributed by atoms with E-state index in [1.54, 1.807) is 6.07 Å². The first-order valence-corrected chi connectivity index (χ1v) is 7.32. The van der Waals surface area contributed by atoms with Crippen molar-refractivity contribution in [1.29, 1.82) is 0 Å². The number of aryl methyl sites for hydroxylation is 1. The zero-order valence-corrected chi connectivity index (χ0v) is 13.2. The van der Waals surface area contributed by atoms with Gasteiger partial charge in [-0.25, -0.2) is 9.78 Å². The average molecular weight is 317 g/mol. The second-order valence-corrected chi connectivity index (χ2v) is 5.86. The monoisotopic (exact) mass is 317 g/mol. The number of pyridine rings is 1. The van der Waals surface area contributed by atoms with Gasteiger partial charge in [-0.1, -0.05) is 19.9 Å². The standard InChI is InChI=1S/C16H19N3O4/c1-9(2)7-12(16(22)23)18-14(20)11-8-17-13-10(3)5-4-6-19(13)15(11)21/h4-6,8-9,12H,7H2,1-3H3,(H,18,20)(H,22,23)/t12-/m1/s1. The summed E-state index contributed by atoms with van der Waals surface area (Å²) in [5, 5.41) is 11.6. The number of aliphatic carboxylic acids is 1. The summed E-state index contributed by atoms with van der Waals surface area (Å²) in [5.41, 5.74) is 0.568. The first-order chi connectivity index (χ1) is 10.8. The van der Waals surface area contributed by atoms with Gasteiger partial charge in [0, 0.05) is 12.4 Å². The number of rotatable bonds is 5. The van der Waals surface area contributed by atoms with Crippen LogP contribution in [0.1, 0.15) is 36.2 Å². The quantitative estimate of drug-likeness (QED) is 0.864. The SMILES string of the molecule is Cc1cccn2c(=O)c(C(=O)N[C@H](CC(C)C)C(=O)O)cnc12. The topological polar surface area (TPSA) is 101 Å². The Bertz CT molecular complexity index is 811. The Morgan fingerprint density at radius 1 is 1.39 bits per heavy atom. The molecule has 0 bridgehead atoms. The zero-order chi connectivity index (χ0) is 17.1. The van der Waals surface area contributed by atoms with Gasteiger partial charge in [0.05, 0.1) is 0 Å². The van der Waals surface area contributed by atoms with E-state index in [9.17, 15) is 19.5 Å². The molecule has 0 radical (unpaired) electrons. The van der Waals surface area contributed by atoms with Crippen molar-refractivity contribution < 1.29 is 14.7 Å². The number of hydrogen-bond donors (Lipinski definition) is 2. The summed E-state index contributed by atoms with van der Waals surface area (Å²) in [4.78, 5) is 40.0. The van der Waals surface area contributed by atoms with Crippen molar-refractivity contribution in [2.45, 2.75) is 33.2 Å². The fourth-order valence-electron chi connectivity index (χ4n) is 2.33. The van der Waals surface area contributed by atoms with E-state index in [0.29, 0.717) is 5.65 Å². The summed E-state index contributed by atoms with van der Waals surface area (Å²) in [6.07, 6.45) is 2.99. The maximum absolute atomic E-state index is 12.4. The summed E-state index contributed by atoms with van der Waals surface area (Å²) in [7, 11) is 0. The second kappa shape index (κ2) is 6.60. The Balaban J connectivity index is 2.36. The van der Waals surface area contributed by atoms with E-state index >= 15 is 0 Å². The Morgan fingerprint density at radius 2 is 2.09 bits per heavy atom. The van der Waals surface area contributed by atoms with Crippen LogP contribution in [-0.4, -0.2) is 32.4 Å². The largest absolute Gasteiger partial charge is 0.480 e. The predicted molar refractivity (Wildman–Crippen MR) is 84.5 cm³/mol. The molecule has 7 nitrogen and oxygen atoms in total. The van der Waals surface area contributed by atoms with E-state index in [2.05, 4.69) is 10.3 Å². The van der Waals surface area contributed by atoms with Gasteiger partial charge in [-0.05, 0) is 30.9 Å². The van der Waals surface area contributed by atoms with Crippen LogP contribution in [0.15, 0.2) is 29.3 Å². The zero-order valence-electron chi connectivity index (χ0n) is 13.2. The van der Waals surface area contributed by atoms with E-state index in [1.807, 2.05) is 26.8 Å². The minimum Gasteiger partial charge on any atom is -0.480 e. The van der Waals surface area contributed by atoms with Crippen molar-refractivity contribution in [3.63, 3.8) is 0 Å². The molecule has 2 heterocycles. The maximum Gasteiger partial charge on any atom is 0.326 e. The van der Waals surface area contributed by atoms with Crippen LogP contribution in [0.3, 0.4) is 0 Å². The first-order valence-electron chi connectivity index (χ1n) is 7.32. The second-order valence-electron chi connectivity index (χ2n) is 5.86. The number of nitrogens with one attached hydrogen (secondary N) is 1. The number of carboxylic acids is 1. The molecule has 0 aliphatic heterocycles. The summed E-state index contributed by atoms with van der Waals surface area (Å²) in [5.74, 6) is -1.77. The highest BCUT2D eigenvalue weighted by molar-refractivity contribution is 5.96. The van der Waals surface area contributed by atoms with Crippen LogP contribution >= 0.6 is 0 Å². The predicted octanol–water partition coefficient (Wildman–Crippen LogP) is 1.23. The molecule has 2 aromatic rings. The maximum atomic E-state index is 12.4. The van der Waals surface area contributed by atoms with Gasteiger partial charge >= 0.3 is 5.97 Å². The highest BCUT2D eigenvalue weighted by atomic mass is 16.4. The normalized spacial score (nSPS) is 12.3. The lowest BCUT2D eigenvalue weighted by molar-refractivity contribution is -0.139. The van der Waals surface area contributed by atoms with E-state index < -0.39 is 23.5 Å². The van der Waals surface area contributed by atoms with E-state index in [1.165, 1.54) is 16.8 Å². The summed E-state index contributed by atoms with van der Waals surface area (Å²) < 4.78 is 1.28. The number of carbonyl (C=O) groups is 2. The molecule has 0 spiro atoms. The molecule has 2 aromatic heterocycles. The fraction of sp³-hybridized carbons (Fsp3) is 0.375. The molecule has 122 valence electrons. The molecular weight excluding hydrogens is 298 g/mol. The third-order valence-electron chi connectivity index (χ3n) is 3.48.